The Balaban J connectivity index is 1.78. The molecular formula is C22H16N2O4. The van der Waals surface area contributed by atoms with Crippen molar-refractivity contribution >= 4 is 24.0 Å². The molecular weight excluding hydrogens is 356 g/mol. The minimum Gasteiger partial charge on any atom is -0.296 e. The van der Waals surface area contributed by atoms with Crippen molar-refractivity contribution in [2.75, 3.05) is 0 Å². The standard InChI is InChI=1S/C22H16N2O4/c25-14-16-9-6-12-23(16)22(28)19(13-15-7-2-1-3-8-15)24-20(26)17-10-4-5-11-18(17)21(24)27/h1-12,14,19H,13H2/t19-/m0/s1. The van der Waals surface area contributed by atoms with Gasteiger partial charge in [0.05, 0.1) is 16.8 Å². The van der Waals surface area contributed by atoms with Crippen LogP contribution in [-0.2, 0) is 6.42 Å². The first-order valence-electron chi connectivity index (χ1n) is 8.79. The molecule has 1 atom stereocenters. The maximum Gasteiger partial charge on any atom is 0.262 e. The number of rotatable bonds is 5. The molecule has 2 heterocycles. The van der Waals surface area contributed by atoms with Crippen LogP contribution in [0.3, 0.4) is 0 Å². The van der Waals surface area contributed by atoms with Crippen LogP contribution in [0.15, 0.2) is 72.9 Å². The van der Waals surface area contributed by atoms with E-state index in [1.54, 1.807) is 30.3 Å². The van der Waals surface area contributed by atoms with E-state index >= 15 is 0 Å². The predicted molar refractivity (Wildman–Crippen MR) is 101 cm³/mol. The van der Waals surface area contributed by atoms with E-state index in [0.29, 0.717) is 6.29 Å². The van der Waals surface area contributed by atoms with Crippen LogP contribution in [0.1, 0.15) is 41.6 Å². The van der Waals surface area contributed by atoms with Gasteiger partial charge >= 0.3 is 0 Å². The second-order valence-electron chi connectivity index (χ2n) is 6.49. The highest BCUT2D eigenvalue weighted by Crippen LogP contribution is 2.27. The first kappa shape index (κ1) is 17.6. The number of amides is 2. The fourth-order valence-corrected chi connectivity index (χ4v) is 3.47. The third kappa shape index (κ3) is 2.85. The van der Waals surface area contributed by atoms with Crippen LogP contribution in [0.2, 0.25) is 0 Å². The summed E-state index contributed by atoms with van der Waals surface area (Å²) >= 11 is 0. The van der Waals surface area contributed by atoms with Gasteiger partial charge in [-0.25, -0.2) is 0 Å². The summed E-state index contributed by atoms with van der Waals surface area (Å²) < 4.78 is 1.18. The third-order valence-electron chi connectivity index (χ3n) is 4.83. The lowest BCUT2D eigenvalue weighted by Gasteiger charge is -2.25. The second kappa shape index (κ2) is 7.08. The maximum absolute atomic E-state index is 13.3. The Morgan fingerprint density at radius 1 is 0.857 bits per heavy atom. The SMILES string of the molecule is O=Cc1cccn1C(=O)[C@H](Cc1ccccc1)N1C(=O)c2ccccc2C1=O. The number of aldehydes is 1. The molecule has 0 saturated carbocycles. The largest absolute Gasteiger partial charge is 0.296 e. The molecule has 0 bridgehead atoms. The number of nitrogens with zero attached hydrogens (tertiary/aromatic N) is 2. The summed E-state index contributed by atoms with van der Waals surface area (Å²) in [5.74, 6) is -1.52. The van der Waals surface area contributed by atoms with Gasteiger partial charge in [0, 0.05) is 12.6 Å². The molecule has 138 valence electrons. The van der Waals surface area contributed by atoms with Gasteiger partial charge in [0.2, 0.25) is 0 Å². The van der Waals surface area contributed by atoms with Gasteiger partial charge in [0.25, 0.3) is 17.7 Å². The summed E-state index contributed by atoms with van der Waals surface area (Å²) in [4.78, 5) is 51.5. The molecule has 4 rings (SSSR count). The lowest BCUT2D eigenvalue weighted by molar-refractivity contribution is 0.0512. The van der Waals surface area contributed by atoms with Crippen molar-refractivity contribution in [1.29, 1.82) is 0 Å². The van der Waals surface area contributed by atoms with Gasteiger partial charge in [0.15, 0.2) is 6.29 Å². The molecule has 1 aromatic heterocycles. The van der Waals surface area contributed by atoms with E-state index in [1.165, 1.54) is 16.8 Å². The van der Waals surface area contributed by atoms with Gasteiger partial charge in [-0.15, -0.1) is 0 Å². The minimum absolute atomic E-state index is 0.154. The Morgan fingerprint density at radius 2 is 1.46 bits per heavy atom. The van der Waals surface area contributed by atoms with Crippen molar-refractivity contribution in [3.05, 3.63) is 95.3 Å². The Hall–Kier alpha value is -3.80. The van der Waals surface area contributed by atoms with Crippen LogP contribution in [0.25, 0.3) is 0 Å². The monoisotopic (exact) mass is 372 g/mol. The van der Waals surface area contributed by atoms with Crippen molar-refractivity contribution in [2.45, 2.75) is 12.5 Å². The number of fused-ring (bicyclic) bond motifs is 1. The number of carbonyl (C=O) groups excluding carboxylic acids is 4. The van der Waals surface area contributed by atoms with E-state index in [4.69, 9.17) is 0 Å². The molecule has 0 radical (unpaired) electrons. The average Bonchev–Trinajstić information content (AvgIpc) is 3.30. The molecule has 2 amide bonds. The second-order valence-corrected chi connectivity index (χ2v) is 6.49. The van der Waals surface area contributed by atoms with Crippen molar-refractivity contribution < 1.29 is 19.2 Å². The molecule has 0 spiro atoms. The Morgan fingerprint density at radius 3 is 2.07 bits per heavy atom. The van der Waals surface area contributed by atoms with Crippen molar-refractivity contribution in [2.24, 2.45) is 0 Å². The fourth-order valence-electron chi connectivity index (χ4n) is 3.47. The number of imide groups is 1. The maximum atomic E-state index is 13.3. The van der Waals surface area contributed by atoms with Crippen LogP contribution in [0.4, 0.5) is 0 Å². The molecule has 1 aliphatic rings. The summed E-state index contributed by atoms with van der Waals surface area (Å²) in [6.07, 6.45) is 2.18. The number of hydrogen-bond acceptors (Lipinski definition) is 4. The van der Waals surface area contributed by atoms with Gasteiger partial charge in [-0.2, -0.15) is 0 Å². The molecule has 6 heteroatoms. The molecule has 0 saturated heterocycles. The van der Waals surface area contributed by atoms with Gasteiger partial charge in [-0.05, 0) is 29.8 Å². The summed E-state index contributed by atoms with van der Waals surface area (Å²) in [6.45, 7) is 0. The smallest absolute Gasteiger partial charge is 0.262 e. The van der Waals surface area contributed by atoms with E-state index in [0.717, 1.165) is 10.5 Å². The van der Waals surface area contributed by atoms with E-state index in [2.05, 4.69) is 0 Å². The number of carbonyl (C=O) groups is 4. The number of aromatic nitrogens is 1. The molecule has 6 nitrogen and oxygen atoms in total. The molecule has 1 aliphatic heterocycles. The van der Waals surface area contributed by atoms with Gasteiger partial charge in [0.1, 0.15) is 6.04 Å². The van der Waals surface area contributed by atoms with Crippen LogP contribution in [0, 0.1) is 0 Å². The summed E-state index contributed by atoms with van der Waals surface area (Å²) in [5.41, 5.74) is 1.53. The zero-order chi connectivity index (χ0) is 19.7. The van der Waals surface area contributed by atoms with Crippen LogP contribution < -0.4 is 0 Å². The number of benzene rings is 2. The molecule has 0 aliphatic carbocycles. The van der Waals surface area contributed by atoms with Crippen LogP contribution in [0.5, 0.6) is 0 Å². The van der Waals surface area contributed by atoms with Gasteiger partial charge in [-0.3, -0.25) is 28.6 Å². The highest BCUT2D eigenvalue weighted by molar-refractivity contribution is 6.23. The van der Waals surface area contributed by atoms with E-state index in [9.17, 15) is 19.2 Å². The molecule has 0 unspecified atom stereocenters. The predicted octanol–water partition coefficient (Wildman–Crippen LogP) is 2.85. The van der Waals surface area contributed by atoms with Crippen LogP contribution in [-0.4, -0.2) is 39.5 Å². The quantitative estimate of drug-likeness (QED) is 0.510. The lowest BCUT2D eigenvalue weighted by Crippen LogP contribution is -2.48. The average molecular weight is 372 g/mol. The zero-order valence-electron chi connectivity index (χ0n) is 14.8. The summed E-state index contributed by atoms with van der Waals surface area (Å²) in [5, 5.41) is 0. The van der Waals surface area contributed by atoms with Crippen molar-refractivity contribution in [3.8, 4) is 0 Å². The third-order valence-corrected chi connectivity index (χ3v) is 4.83. The summed E-state index contributed by atoms with van der Waals surface area (Å²) in [6, 6.07) is 17.7. The highest BCUT2D eigenvalue weighted by Gasteiger charge is 2.43. The van der Waals surface area contributed by atoms with Gasteiger partial charge < -0.3 is 0 Å². The first-order valence-corrected chi connectivity index (χ1v) is 8.79. The molecule has 28 heavy (non-hydrogen) atoms. The normalized spacial score (nSPS) is 14.1. The Bertz CT molecular complexity index is 1050. The fraction of sp³-hybridized carbons (Fsp3) is 0.0909. The van der Waals surface area contributed by atoms with Crippen LogP contribution >= 0.6 is 0 Å². The molecule has 3 aromatic rings. The lowest BCUT2D eigenvalue weighted by atomic mass is 10.0. The molecule has 0 fully saturated rings. The topological polar surface area (TPSA) is 76.5 Å². The zero-order valence-corrected chi connectivity index (χ0v) is 14.8. The minimum atomic E-state index is -1.07. The molecule has 2 aromatic carbocycles. The molecule has 0 N–H and O–H groups in total. The van der Waals surface area contributed by atoms with E-state index in [1.807, 2.05) is 30.3 Å². The number of hydrogen-bond donors (Lipinski definition) is 0. The summed E-state index contributed by atoms with van der Waals surface area (Å²) in [7, 11) is 0. The van der Waals surface area contributed by atoms with E-state index < -0.39 is 23.8 Å². The van der Waals surface area contributed by atoms with Crippen molar-refractivity contribution in [3.63, 3.8) is 0 Å². The van der Waals surface area contributed by atoms with Gasteiger partial charge in [-0.1, -0.05) is 42.5 Å². The highest BCUT2D eigenvalue weighted by atomic mass is 16.2. The Labute approximate surface area is 161 Å². The first-order chi connectivity index (χ1) is 13.6. The van der Waals surface area contributed by atoms with E-state index in [-0.39, 0.29) is 23.2 Å². The Kier molecular flexibility index (Phi) is 4.45. The van der Waals surface area contributed by atoms with Crippen molar-refractivity contribution in [1.82, 2.24) is 9.47 Å².